The summed E-state index contributed by atoms with van der Waals surface area (Å²) in [7, 11) is 0. The van der Waals surface area contributed by atoms with Crippen LogP contribution in [0.1, 0.15) is 38.0 Å². The maximum absolute atomic E-state index is 12.7. The zero-order chi connectivity index (χ0) is 22.7. The van der Waals surface area contributed by atoms with E-state index in [0.29, 0.717) is 48.8 Å². The number of halogens is 3. The van der Waals surface area contributed by atoms with Gasteiger partial charge in [-0.3, -0.25) is 9.78 Å². The Balaban J connectivity index is 1.34. The van der Waals surface area contributed by atoms with Crippen LogP contribution >= 0.6 is 0 Å². The van der Waals surface area contributed by atoms with Gasteiger partial charge in [0.2, 0.25) is 5.91 Å². The Labute approximate surface area is 182 Å². The summed E-state index contributed by atoms with van der Waals surface area (Å²) in [4.78, 5) is 25.4. The quantitative estimate of drug-likeness (QED) is 0.572. The average molecular weight is 447 g/mol. The van der Waals surface area contributed by atoms with Crippen LogP contribution in [-0.2, 0) is 4.79 Å². The van der Waals surface area contributed by atoms with Crippen molar-refractivity contribution >= 4 is 22.5 Å². The SMILES string of the molecule is Cc1ncc(-c2cc3cc(NC(=O)[C@H]4CC[C@H](NCCC(F)(F)F)CC4)ncc3cn2)o1. The maximum atomic E-state index is 12.7. The minimum absolute atomic E-state index is 0.0193. The summed E-state index contributed by atoms with van der Waals surface area (Å²) in [6, 6.07) is 3.65. The van der Waals surface area contributed by atoms with Gasteiger partial charge in [0, 0.05) is 43.2 Å². The van der Waals surface area contributed by atoms with Crippen molar-refractivity contribution in [1.29, 1.82) is 0 Å². The Hall–Kier alpha value is -3.01. The minimum atomic E-state index is -4.15. The van der Waals surface area contributed by atoms with Crippen LogP contribution in [0, 0.1) is 12.8 Å². The van der Waals surface area contributed by atoms with Crippen molar-refractivity contribution in [1.82, 2.24) is 20.3 Å². The predicted molar refractivity (Wildman–Crippen MR) is 113 cm³/mol. The number of pyridine rings is 2. The zero-order valence-corrected chi connectivity index (χ0v) is 17.6. The van der Waals surface area contributed by atoms with E-state index in [2.05, 4.69) is 25.6 Å². The third-order valence-corrected chi connectivity index (χ3v) is 5.67. The molecule has 7 nitrogen and oxygen atoms in total. The number of alkyl halides is 3. The largest absolute Gasteiger partial charge is 0.439 e. The van der Waals surface area contributed by atoms with Gasteiger partial charge >= 0.3 is 6.18 Å². The van der Waals surface area contributed by atoms with Gasteiger partial charge in [0.25, 0.3) is 0 Å². The smallest absolute Gasteiger partial charge is 0.390 e. The van der Waals surface area contributed by atoms with Crippen molar-refractivity contribution in [2.24, 2.45) is 5.92 Å². The zero-order valence-electron chi connectivity index (χ0n) is 17.6. The number of carbonyl (C=O) groups is 1. The lowest BCUT2D eigenvalue weighted by molar-refractivity contribution is -0.133. The number of aryl methyl sites for hydroxylation is 1. The number of aromatic nitrogens is 3. The van der Waals surface area contributed by atoms with Gasteiger partial charge < -0.3 is 15.1 Å². The first kappa shape index (κ1) is 22.2. The Bertz CT molecular complexity index is 1090. The van der Waals surface area contributed by atoms with Gasteiger partial charge in [0.15, 0.2) is 11.7 Å². The number of carbonyl (C=O) groups excluding carboxylic acids is 1. The van der Waals surface area contributed by atoms with Crippen LogP contribution in [0.5, 0.6) is 0 Å². The molecule has 0 saturated heterocycles. The molecule has 0 aliphatic heterocycles. The van der Waals surface area contributed by atoms with Crippen LogP contribution in [-0.4, -0.2) is 39.6 Å². The third kappa shape index (κ3) is 5.61. The molecule has 1 aliphatic carbocycles. The van der Waals surface area contributed by atoms with Crippen molar-refractivity contribution in [3.63, 3.8) is 0 Å². The molecule has 2 N–H and O–H groups in total. The molecule has 10 heteroatoms. The summed E-state index contributed by atoms with van der Waals surface area (Å²) in [5.74, 6) is 1.25. The van der Waals surface area contributed by atoms with Gasteiger partial charge in [-0.25, -0.2) is 9.97 Å². The molecular weight excluding hydrogens is 423 g/mol. The topological polar surface area (TPSA) is 92.9 Å². The van der Waals surface area contributed by atoms with Gasteiger partial charge in [0.05, 0.1) is 12.6 Å². The second-order valence-corrected chi connectivity index (χ2v) is 8.09. The fraction of sp³-hybridized carbons (Fsp3) is 0.455. The molecule has 170 valence electrons. The van der Waals surface area contributed by atoms with Gasteiger partial charge in [0.1, 0.15) is 11.5 Å². The van der Waals surface area contributed by atoms with Crippen molar-refractivity contribution < 1.29 is 22.4 Å². The first-order valence-corrected chi connectivity index (χ1v) is 10.6. The molecule has 3 aromatic heterocycles. The van der Waals surface area contributed by atoms with E-state index in [9.17, 15) is 18.0 Å². The van der Waals surface area contributed by atoms with Crippen molar-refractivity contribution in [2.45, 2.75) is 51.2 Å². The Morgan fingerprint density at radius 3 is 2.50 bits per heavy atom. The molecule has 0 bridgehead atoms. The van der Waals surface area contributed by atoms with E-state index >= 15 is 0 Å². The van der Waals surface area contributed by atoms with Crippen LogP contribution in [0.15, 0.2) is 35.1 Å². The molecule has 32 heavy (non-hydrogen) atoms. The third-order valence-electron chi connectivity index (χ3n) is 5.67. The van der Waals surface area contributed by atoms with Crippen LogP contribution in [0.4, 0.5) is 19.0 Å². The molecule has 3 heterocycles. The fourth-order valence-electron chi connectivity index (χ4n) is 3.93. The highest BCUT2D eigenvalue weighted by Crippen LogP contribution is 2.27. The van der Waals surface area contributed by atoms with Crippen LogP contribution in [0.25, 0.3) is 22.2 Å². The molecule has 1 saturated carbocycles. The maximum Gasteiger partial charge on any atom is 0.390 e. The number of hydrogen-bond acceptors (Lipinski definition) is 6. The number of nitrogens with zero attached hydrogens (tertiary/aromatic N) is 3. The molecular formula is C22H24F3N5O2. The molecule has 0 radical (unpaired) electrons. The van der Waals surface area contributed by atoms with Crippen LogP contribution in [0.2, 0.25) is 0 Å². The van der Waals surface area contributed by atoms with Crippen LogP contribution < -0.4 is 10.6 Å². The van der Waals surface area contributed by atoms with E-state index in [0.717, 1.165) is 10.8 Å². The van der Waals surface area contributed by atoms with Crippen LogP contribution in [0.3, 0.4) is 0 Å². The van der Waals surface area contributed by atoms with E-state index in [4.69, 9.17) is 4.42 Å². The summed E-state index contributed by atoms with van der Waals surface area (Å²) >= 11 is 0. The molecule has 0 spiro atoms. The molecule has 1 amide bonds. The fourth-order valence-corrected chi connectivity index (χ4v) is 3.93. The highest BCUT2D eigenvalue weighted by atomic mass is 19.4. The minimum Gasteiger partial charge on any atom is -0.439 e. The molecule has 1 fully saturated rings. The molecule has 1 aliphatic rings. The van der Waals surface area contributed by atoms with E-state index < -0.39 is 12.6 Å². The number of anilines is 1. The summed E-state index contributed by atoms with van der Waals surface area (Å²) in [5, 5.41) is 7.50. The lowest BCUT2D eigenvalue weighted by atomic mass is 9.85. The van der Waals surface area contributed by atoms with Gasteiger partial charge in [-0.15, -0.1) is 0 Å². The first-order chi connectivity index (χ1) is 15.3. The highest BCUT2D eigenvalue weighted by Gasteiger charge is 2.29. The number of nitrogens with one attached hydrogen (secondary N) is 2. The number of oxazole rings is 1. The number of rotatable bonds is 6. The molecule has 3 aromatic rings. The van der Waals surface area contributed by atoms with E-state index in [1.807, 2.05) is 6.07 Å². The van der Waals surface area contributed by atoms with E-state index in [1.165, 1.54) is 0 Å². The lowest BCUT2D eigenvalue weighted by Gasteiger charge is -2.28. The molecule has 0 aromatic carbocycles. The number of hydrogen-bond donors (Lipinski definition) is 2. The Morgan fingerprint density at radius 1 is 1.06 bits per heavy atom. The van der Waals surface area contributed by atoms with Crippen molar-refractivity contribution in [3.8, 4) is 11.5 Å². The molecule has 4 rings (SSSR count). The van der Waals surface area contributed by atoms with Gasteiger partial charge in [-0.1, -0.05) is 0 Å². The number of amides is 1. The van der Waals surface area contributed by atoms with Crippen molar-refractivity contribution in [3.05, 3.63) is 36.6 Å². The Kier molecular flexibility index (Phi) is 6.40. The van der Waals surface area contributed by atoms with Crippen molar-refractivity contribution in [2.75, 3.05) is 11.9 Å². The predicted octanol–water partition coefficient (Wildman–Crippen LogP) is 4.63. The first-order valence-electron chi connectivity index (χ1n) is 10.6. The van der Waals surface area contributed by atoms with Gasteiger partial charge in [-0.05, 0) is 43.2 Å². The second kappa shape index (κ2) is 9.23. The monoisotopic (exact) mass is 447 g/mol. The highest BCUT2D eigenvalue weighted by molar-refractivity contribution is 5.94. The second-order valence-electron chi connectivity index (χ2n) is 8.09. The Morgan fingerprint density at radius 2 is 1.81 bits per heavy atom. The standard InChI is InChI=1S/C22H24F3N5O2/c1-13-27-12-19(32-13)18-8-15-9-20(29-11-16(15)10-28-18)30-21(31)14-2-4-17(5-3-14)26-7-6-22(23,24)25/h8-12,14,17,26H,2-7H2,1H3,(H,29,30,31)/t14-,17-. The van der Waals surface area contributed by atoms with Gasteiger partial charge in [-0.2, -0.15) is 13.2 Å². The molecule has 0 unspecified atom stereocenters. The summed E-state index contributed by atoms with van der Waals surface area (Å²) in [6.45, 7) is 1.67. The number of fused-ring (bicyclic) bond motifs is 1. The lowest BCUT2D eigenvalue weighted by Crippen LogP contribution is -2.37. The average Bonchev–Trinajstić information content (AvgIpc) is 3.19. The summed E-state index contributed by atoms with van der Waals surface area (Å²) in [5.41, 5.74) is 0.637. The normalized spacial score (nSPS) is 19.2. The summed E-state index contributed by atoms with van der Waals surface area (Å²) in [6.07, 6.45) is 2.56. The summed E-state index contributed by atoms with van der Waals surface area (Å²) < 4.78 is 42.4. The van der Waals surface area contributed by atoms with E-state index in [-0.39, 0.29) is 24.4 Å². The van der Waals surface area contributed by atoms with E-state index in [1.54, 1.807) is 31.6 Å². The molecule has 0 atom stereocenters.